The maximum absolute atomic E-state index is 10.2. The second-order valence-electron chi connectivity index (χ2n) is 11.6. The number of hydrogen-bond acceptors (Lipinski definition) is 4. The molecule has 0 saturated heterocycles. The molecular formula is C26H52O5. The van der Waals surface area contributed by atoms with Crippen LogP contribution in [0.2, 0.25) is 0 Å². The molecule has 0 aromatic carbocycles. The summed E-state index contributed by atoms with van der Waals surface area (Å²) >= 11 is 0. The summed E-state index contributed by atoms with van der Waals surface area (Å²) < 4.78 is 4.63. The van der Waals surface area contributed by atoms with E-state index in [0.29, 0.717) is 43.0 Å². The maximum Gasteiger partial charge on any atom is 0.505 e. The predicted molar refractivity (Wildman–Crippen MR) is 128 cm³/mol. The van der Waals surface area contributed by atoms with Crippen molar-refractivity contribution in [1.82, 2.24) is 0 Å². The van der Waals surface area contributed by atoms with Crippen molar-refractivity contribution in [3.05, 3.63) is 0 Å². The van der Waals surface area contributed by atoms with E-state index in [1.165, 1.54) is 38.5 Å². The van der Waals surface area contributed by atoms with Gasteiger partial charge in [-0.3, -0.25) is 0 Å². The molecule has 2 fully saturated rings. The summed E-state index contributed by atoms with van der Waals surface area (Å²) in [6, 6.07) is 0. The van der Waals surface area contributed by atoms with Crippen LogP contribution in [0.25, 0.3) is 0 Å². The Morgan fingerprint density at radius 3 is 1.90 bits per heavy atom. The van der Waals surface area contributed by atoms with E-state index in [0.717, 1.165) is 18.3 Å². The quantitative estimate of drug-likeness (QED) is 0.415. The summed E-state index contributed by atoms with van der Waals surface area (Å²) in [6.07, 6.45) is 7.46. The Balaban J connectivity index is 0.000000479. The number of rotatable bonds is 5. The topological polar surface area (TPSA) is 87.0 Å². The van der Waals surface area contributed by atoms with Crippen molar-refractivity contribution in [2.45, 2.75) is 100 Å². The number of ether oxygens (including phenoxy) is 1. The summed E-state index contributed by atoms with van der Waals surface area (Å²) in [5.41, 5.74) is 0.578. The molecule has 5 nitrogen and oxygen atoms in total. The van der Waals surface area contributed by atoms with Crippen LogP contribution in [-0.4, -0.2) is 41.3 Å². The van der Waals surface area contributed by atoms with Gasteiger partial charge < -0.3 is 20.1 Å². The van der Waals surface area contributed by atoms with Crippen LogP contribution >= 0.6 is 0 Å². The number of carboxylic acid groups (broad SMARTS) is 1. The van der Waals surface area contributed by atoms with Gasteiger partial charge in [0.05, 0.1) is 6.61 Å². The van der Waals surface area contributed by atoms with E-state index in [1.807, 2.05) is 13.8 Å². The molecule has 0 bridgehead atoms. The Labute approximate surface area is 192 Å². The summed E-state index contributed by atoms with van der Waals surface area (Å²) in [7, 11) is 0. The van der Waals surface area contributed by atoms with E-state index < -0.39 is 6.16 Å². The van der Waals surface area contributed by atoms with E-state index >= 15 is 0 Å². The van der Waals surface area contributed by atoms with Gasteiger partial charge in [-0.05, 0) is 66.1 Å². The monoisotopic (exact) mass is 444 g/mol. The van der Waals surface area contributed by atoms with Crippen molar-refractivity contribution in [1.29, 1.82) is 0 Å². The highest BCUT2D eigenvalue weighted by Gasteiger charge is 2.40. The highest BCUT2D eigenvalue weighted by Crippen LogP contribution is 2.47. The minimum atomic E-state index is -1.15. The van der Waals surface area contributed by atoms with E-state index in [9.17, 15) is 9.90 Å². The van der Waals surface area contributed by atoms with Crippen LogP contribution < -0.4 is 0 Å². The van der Waals surface area contributed by atoms with Gasteiger partial charge in [-0.25, -0.2) is 4.79 Å². The average molecular weight is 445 g/mol. The van der Waals surface area contributed by atoms with Crippen LogP contribution in [0.1, 0.15) is 100 Å². The standard InChI is InChI=1S/C12H24O.C10H18O3.C4H10O/c1-9(2)11-7-5-6-10(8-13)12(11,3)4;1-10(2)6-4-3-5-8(10)7-13-9(11)12;1-4(2)3-5/h9-11,13H,5-8H2,1-4H3;8H,3-7H2,1-2H3,(H,11,12);4-5H,3H2,1-2H3. The first-order valence-electron chi connectivity index (χ1n) is 12.4. The molecule has 2 aliphatic rings. The van der Waals surface area contributed by atoms with Crippen molar-refractivity contribution in [3.63, 3.8) is 0 Å². The summed E-state index contributed by atoms with van der Waals surface area (Å²) in [6.45, 7) is 18.7. The minimum Gasteiger partial charge on any atom is -0.450 e. The summed E-state index contributed by atoms with van der Waals surface area (Å²) in [5.74, 6) is 2.91. The zero-order valence-electron chi connectivity index (χ0n) is 21.6. The van der Waals surface area contributed by atoms with Gasteiger partial charge in [-0.15, -0.1) is 0 Å². The first kappa shape index (κ1) is 30.2. The molecule has 0 heterocycles. The van der Waals surface area contributed by atoms with Crippen molar-refractivity contribution in [3.8, 4) is 0 Å². The lowest BCUT2D eigenvalue weighted by Gasteiger charge is -2.46. The number of hydrogen-bond donors (Lipinski definition) is 3. The lowest BCUT2D eigenvalue weighted by Crippen LogP contribution is -2.40. The Bertz CT molecular complexity index is 484. The number of aliphatic hydroxyl groups is 2. The highest BCUT2D eigenvalue weighted by atomic mass is 16.7. The van der Waals surface area contributed by atoms with E-state index in [1.54, 1.807) is 0 Å². The van der Waals surface area contributed by atoms with Crippen LogP contribution in [0.4, 0.5) is 4.79 Å². The van der Waals surface area contributed by atoms with Crippen LogP contribution in [-0.2, 0) is 4.74 Å². The molecule has 5 heteroatoms. The van der Waals surface area contributed by atoms with E-state index in [-0.39, 0.29) is 5.41 Å². The van der Waals surface area contributed by atoms with E-state index in [2.05, 4.69) is 46.3 Å². The zero-order chi connectivity index (χ0) is 24.2. The third-order valence-electron chi connectivity index (χ3n) is 7.60. The predicted octanol–water partition coefficient (Wildman–Crippen LogP) is 6.61. The molecule has 186 valence electrons. The molecule has 0 radical (unpaired) electrons. The minimum absolute atomic E-state index is 0.244. The largest absolute Gasteiger partial charge is 0.505 e. The van der Waals surface area contributed by atoms with Crippen molar-refractivity contribution in [2.24, 2.45) is 40.4 Å². The zero-order valence-corrected chi connectivity index (χ0v) is 21.6. The Hall–Kier alpha value is -0.810. The molecule has 0 aromatic heterocycles. The van der Waals surface area contributed by atoms with Gasteiger partial charge in [0.1, 0.15) is 0 Å². The smallest absolute Gasteiger partial charge is 0.450 e. The molecule has 0 aliphatic heterocycles. The third-order valence-corrected chi connectivity index (χ3v) is 7.60. The molecule has 2 rings (SSSR count). The molecule has 0 aromatic rings. The second-order valence-corrected chi connectivity index (χ2v) is 11.6. The van der Waals surface area contributed by atoms with Gasteiger partial charge in [-0.1, -0.05) is 74.7 Å². The fourth-order valence-electron chi connectivity index (χ4n) is 5.20. The molecule has 0 amide bonds. The lowest BCUT2D eigenvalue weighted by atomic mass is 9.59. The molecule has 31 heavy (non-hydrogen) atoms. The third kappa shape index (κ3) is 11.1. The van der Waals surface area contributed by atoms with E-state index in [4.69, 9.17) is 10.2 Å². The first-order valence-corrected chi connectivity index (χ1v) is 12.4. The van der Waals surface area contributed by atoms with Crippen LogP contribution in [0.15, 0.2) is 0 Å². The van der Waals surface area contributed by atoms with Crippen molar-refractivity contribution >= 4 is 6.16 Å². The maximum atomic E-state index is 10.2. The molecule has 3 unspecified atom stereocenters. The van der Waals surface area contributed by atoms with Crippen LogP contribution in [0, 0.1) is 40.4 Å². The molecule has 3 N–H and O–H groups in total. The number of carbonyl (C=O) groups is 1. The lowest BCUT2D eigenvalue weighted by molar-refractivity contribution is -0.00132. The molecule has 2 saturated carbocycles. The van der Waals surface area contributed by atoms with Gasteiger partial charge in [0.15, 0.2) is 0 Å². The fourth-order valence-corrected chi connectivity index (χ4v) is 5.20. The summed E-state index contributed by atoms with van der Waals surface area (Å²) in [4.78, 5) is 10.2. The van der Waals surface area contributed by atoms with Gasteiger partial charge in [0.2, 0.25) is 0 Å². The SMILES string of the molecule is CC(C)C1CCCC(CO)C1(C)C.CC(C)CO.CC1(C)CCCCC1COC(=O)O. The van der Waals surface area contributed by atoms with Crippen LogP contribution in [0.3, 0.4) is 0 Å². The van der Waals surface area contributed by atoms with Crippen molar-refractivity contribution in [2.75, 3.05) is 19.8 Å². The first-order chi connectivity index (χ1) is 14.3. The fraction of sp³-hybridized carbons (Fsp3) is 0.962. The average Bonchev–Trinajstić information content (AvgIpc) is 2.66. The van der Waals surface area contributed by atoms with Gasteiger partial charge in [0.25, 0.3) is 0 Å². The molecular weight excluding hydrogens is 392 g/mol. The Morgan fingerprint density at radius 1 is 0.935 bits per heavy atom. The normalized spacial score (nSPS) is 26.9. The van der Waals surface area contributed by atoms with Gasteiger partial charge >= 0.3 is 6.16 Å². The molecule has 3 atom stereocenters. The molecule has 2 aliphatic carbocycles. The van der Waals surface area contributed by atoms with Crippen molar-refractivity contribution < 1.29 is 24.9 Å². The Morgan fingerprint density at radius 2 is 1.48 bits per heavy atom. The molecule has 0 spiro atoms. The second kappa shape index (κ2) is 14.4. The van der Waals surface area contributed by atoms with Gasteiger partial charge in [-0.2, -0.15) is 0 Å². The number of aliphatic hydroxyl groups excluding tert-OH is 2. The van der Waals surface area contributed by atoms with Gasteiger partial charge in [0, 0.05) is 13.2 Å². The highest BCUT2D eigenvalue weighted by molar-refractivity contribution is 5.56. The summed E-state index contributed by atoms with van der Waals surface area (Å²) in [5, 5.41) is 25.9. The Kier molecular flexibility index (Phi) is 14.0. The van der Waals surface area contributed by atoms with Crippen LogP contribution in [0.5, 0.6) is 0 Å².